The van der Waals surface area contributed by atoms with Gasteiger partial charge in [0.2, 0.25) is 11.8 Å². The summed E-state index contributed by atoms with van der Waals surface area (Å²) in [6.07, 6.45) is -0.903. The highest BCUT2D eigenvalue weighted by Crippen LogP contribution is 2.09. The lowest BCUT2D eigenvalue weighted by molar-refractivity contribution is -0.130. The van der Waals surface area contributed by atoms with E-state index in [-0.39, 0.29) is 17.6 Å². The van der Waals surface area contributed by atoms with Crippen molar-refractivity contribution in [2.45, 2.75) is 65.1 Å². The van der Waals surface area contributed by atoms with Gasteiger partial charge in [0.05, 0.1) is 18.3 Å². The first-order valence-corrected chi connectivity index (χ1v) is 8.56. The van der Waals surface area contributed by atoms with E-state index >= 15 is 0 Å². The van der Waals surface area contributed by atoms with Crippen molar-refractivity contribution < 1.29 is 23.9 Å². The summed E-state index contributed by atoms with van der Waals surface area (Å²) in [5.74, 6) is -1.95. The van der Waals surface area contributed by atoms with Gasteiger partial charge in [0.15, 0.2) is 5.78 Å². The molecule has 0 radical (unpaired) electrons. The highest BCUT2D eigenvalue weighted by Gasteiger charge is 2.29. The van der Waals surface area contributed by atoms with Crippen LogP contribution in [0.4, 0.5) is 4.79 Å². The van der Waals surface area contributed by atoms with Gasteiger partial charge in [0.1, 0.15) is 11.6 Å². The van der Waals surface area contributed by atoms with Gasteiger partial charge in [-0.15, -0.1) is 11.6 Å². The minimum Gasteiger partial charge on any atom is -0.444 e. The first-order valence-electron chi connectivity index (χ1n) is 8.02. The third kappa shape index (κ3) is 10.6. The van der Waals surface area contributed by atoms with Crippen LogP contribution in [0.5, 0.6) is 0 Å². The molecule has 0 heterocycles. The summed E-state index contributed by atoms with van der Waals surface area (Å²) in [4.78, 5) is 47.3. The maximum absolute atomic E-state index is 12.4. The topological polar surface area (TPSA) is 128 Å². The number of nitrogens with two attached hydrogens (primary N) is 1. The van der Waals surface area contributed by atoms with Crippen molar-refractivity contribution in [1.29, 1.82) is 0 Å². The summed E-state index contributed by atoms with van der Waals surface area (Å²) in [6, 6.07) is -2.05. The van der Waals surface area contributed by atoms with Crippen LogP contribution in [0.15, 0.2) is 0 Å². The Bertz CT molecular complexity index is 502. The quantitative estimate of drug-likeness (QED) is 0.518. The van der Waals surface area contributed by atoms with Crippen molar-refractivity contribution in [2.75, 3.05) is 5.88 Å². The van der Waals surface area contributed by atoms with Crippen LogP contribution in [-0.4, -0.2) is 47.3 Å². The van der Waals surface area contributed by atoms with Gasteiger partial charge in [-0.05, 0) is 33.1 Å². The first-order chi connectivity index (χ1) is 11.4. The number of ketones is 1. The lowest BCUT2D eigenvalue weighted by Crippen LogP contribution is -2.53. The number of rotatable bonds is 9. The van der Waals surface area contributed by atoms with Crippen molar-refractivity contribution in [3.63, 3.8) is 0 Å². The molecule has 0 unspecified atom stereocenters. The smallest absolute Gasteiger partial charge is 0.408 e. The monoisotopic (exact) mass is 377 g/mol. The Morgan fingerprint density at radius 3 is 2.04 bits per heavy atom. The van der Waals surface area contributed by atoms with Crippen LogP contribution in [0.3, 0.4) is 0 Å². The van der Waals surface area contributed by atoms with Gasteiger partial charge < -0.3 is 21.1 Å². The Labute approximate surface area is 153 Å². The molecule has 2 atom stereocenters. The summed E-state index contributed by atoms with van der Waals surface area (Å²) in [5.41, 5.74) is 4.36. The number of ether oxygens (including phenoxy) is 1. The van der Waals surface area contributed by atoms with Crippen LogP contribution in [-0.2, 0) is 19.1 Å². The van der Waals surface area contributed by atoms with Crippen molar-refractivity contribution >= 4 is 35.3 Å². The van der Waals surface area contributed by atoms with E-state index in [2.05, 4.69) is 10.6 Å². The lowest BCUT2D eigenvalue weighted by atomic mass is 10.00. The molecule has 0 aromatic rings. The molecule has 0 aromatic carbocycles. The predicted molar refractivity (Wildman–Crippen MR) is 94.1 cm³/mol. The van der Waals surface area contributed by atoms with Crippen LogP contribution < -0.4 is 16.4 Å². The van der Waals surface area contributed by atoms with Crippen LogP contribution >= 0.6 is 11.6 Å². The second-order valence-corrected chi connectivity index (χ2v) is 7.43. The van der Waals surface area contributed by atoms with Gasteiger partial charge >= 0.3 is 6.09 Å². The molecule has 4 N–H and O–H groups in total. The van der Waals surface area contributed by atoms with E-state index in [0.29, 0.717) is 6.42 Å². The molecule has 0 aliphatic rings. The molecule has 144 valence electrons. The number of alkyl carbamates (subject to hydrolysis) is 1. The van der Waals surface area contributed by atoms with Crippen molar-refractivity contribution in [3.05, 3.63) is 0 Å². The number of nitrogens with one attached hydrogen (secondary N) is 2. The minimum absolute atomic E-state index is 0.130. The zero-order chi connectivity index (χ0) is 19.8. The number of hydrogen-bond donors (Lipinski definition) is 3. The second kappa shape index (κ2) is 10.2. The van der Waals surface area contributed by atoms with Crippen molar-refractivity contribution in [2.24, 2.45) is 11.7 Å². The van der Waals surface area contributed by atoms with Gasteiger partial charge in [-0.2, -0.15) is 0 Å². The number of alkyl halides is 1. The Hall–Kier alpha value is -1.83. The maximum Gasteiger partial charge on any atom is 0.408 e. The summed E-state index contributed by atoms with van der Waals surface area (Å²) in [6.45, 7) is 8.76. The van der Waals surface area contributed by atoms with E-state index < -0.39 is 42.0 Å². The molecular formula is C16H28ClN3O5. The molecule has 0 saturated carbocycles. The van der Waals surface area contributed by atoms with E-state index in [1.165, 1.54) is 0 Å². The number of hydrogen-bond acceptors (Lipinski definition) is 5. The summed E-state index contributed by atoms with van der Waals surface area (Å²) in [5, 5.41) is 4.82. The van der Waals surface area contributed by atoms with E-state index in [9.17, 15) is 19.2 Å². The zero-order valence-electron chi connectivity index (χ0n) is 15.3. The van der Waals surface area contributed by atoms with Gasteiger partial charge in [-0.3, -0.25) is 14.4 Å². The highest BCUT2D eigenvalue weighted by molar-refractivity contribution is 6.28. The standard InChI is InChI=1S/C16H28ClN3O5/c1-9(2)6-10(12(21)8-17)19-14(23)11(7-13(18)22)20-15(24)25-16(3,4)5/h9-11H,6-8H2,1-5H3,(H2,18,22)(H,19,23)(H,20,24)/t10-,11-/m0/s1. The molecule has 25 heavy (non-hydrogen) atoms. The summed E-state index contributed by atoms with van der Waals surface area (Å²) < 4.78 is 5.07. The number of halogens is 1. The van der Waals surface area contributed by atoms with Gasteiger partial charge in [-0.1, -0.05) is 13.8 Å². The van der Waals surface area contributed by atoms with E-state index in [0.717, 1.165) is 0 Å². The minimum atomic E-state index is -1.25. The number of primary amides is 1. The van der Waals surface area contributed by atoms with E-state index in [1.54, 1.807) is 20.8 Å². The fourth-order valence-corrected chi connectivity index (χ4v) is 2.15. The number of Topliss-reactive ketones (excluding diaryl/α,β-unsaturated/α-hetero) is 1. The average Bonchev–Trinajstić information content (AvgIpc) is 2.41. The molecule has 0 aliphatic heterocycles. The normalized spacial score (nSPS) is 13.7. The Morgan fingerprint density at radius 2 is 1.64 bits per heavy atom. The molecule has 0 aliphatic carbocycles. The molecule has 0 saturated heterocycles. The highest BCUT2D eigenvalue weighted by atomic mass is 35.5. The van der Waals surface area contributed by atoms with Crippen LogP contribution in [0.1, 0.15) is 47.5 Å². The first kappa shape index (κ1) is 23.2. The molecule has 0 fully saturated rings. The second-order valence-electron chi connectivity index (χ2n) is 7.16. The third-order valence-corrected chi connectivity index (χ3v) is 3.22. The molecule has 0 bridgehead atoms. The lowest BCUT2D eigenvalue weighted by Gasteiger charge is -2.25. The largest absolute Gasteiger partial charge is 0.444 e. The number of carbonyl (C=O) groups excluding carboxylic acids is 4. The van der Waals surface area contributed by atoms with Crippen LogP contribution in [0.2, 0.25) is 0 Å². The molecule has 0 spiro atoms. The average molecular weight is 378 g/mol. The molecular weight excluding hydrogens is 350 g/mol. The van der Waals surface area contributed by atoms with Crippen LogP contribution in [0.25, 0.3) is 0 Å². The van der Waals surface area contributed by atoms with E-state index in [4.69, 9.17) is 22.1 Å². The van der Waals surface area contributed by atoms with Gasteiger partial charge in [0, 0.05) is 0 Å². The SMILES string of the molecule is CC(C)C[C@H](NC(=O)[C@H](CC(N)=O)NC(=O)OC(C)(C)C)C(=O)CCl. The summed E-state index contributed by atoms with van der Waals surface area (Å²) >= 11 is 5.57. The molecule has 8 nitrogen and oxygen atoms in total. The Morgan fingerprint density at radius 1 is 1.08 bits per heavy atom. The van der Waals surface area contributed by atoms with Crippen molar-refractivity contribution in [1.82, 2.24) is 10.6 Å². The molecule has 9 heteroatoms. The zero-order valence-corrected chi connectivity index (χ0v) is 16.1. The number of amides is 3. The number of carbonyl (C=O) groups is 4. The van der Waals surface area contributed by atoms with E-state index in [1.807, 2.05) is 13.8 Å². The third-order valence-electron chi connectivity index (χ3n) is 2.96. The fraction of sp³-hybridized carbons (Fsp3) is 0.750. The predicted octanol–water partition coefficient (Wildman–Crippen LogP) is 1.09. The molecule has 3 amide bonds. The molecule has 0 aromatic heterocycles. The van der Waals surface area contributed by atoms with Crippen molar-refractivity contribution in [3.8, 4) is 0 Å². The van der Waals surface area contributed by atoms with Gasteiger partial charge in [0.25, 0.3) is 0 Å². The fourth-order valence-electron chi connectivity index (χ4n) is 1.97. The van der Waals surface area contributed by atoms with Gasteiger partial charge in [-0.25, -0.2) is 4.79 Å². The Balaban J connectivity index is 5.10. The summed E-state index contributed by atoms with van der Waals surface area (Å²) in [7, 11) is 0. The maximum atomic E-state index is 12.4. The molecule has 0 rings (SSSR count). The Kier molecular flexibility index (Phi) is 9.48. The van der Waals surface area contributed by atoms with Crippen LogP contribution in [0, 0.1) is 5.92 Å².